The lowest BCUT2D eigenvalue weighted by atomic mass is 10.1. The molecule has 1 atom stereocenters. The van der Waals surface area contributed by atoms with Crippen LogP contribution in [0.3, 0.4) is 0 Å². The van der Waals surface area contributed by atoms with Crippen molar-refractivity contribution in [3.05, 3.63) is 29.6 Å². The van der Waals surface area contributed by atoms with Crippen LogP contribution in [0.15, 0.2) is 18.2 Å². The minimum atomic E-state index is -0.353. The lowest BCUT2D eigenvalue weighted by Gasteiger charge is -2.16. The maximum absolute atomic E-state index is 13.4. The third-order valence-corrected chi connectivity index (χ3v) is 1.84. The maximum Gasteiger partial charge on any atom is 0.165 e. The summed E-state index contributed by atoms with van der Waals surface area (Å²) in [5, 5.41) is 0. The van der Waals surface area contributed by atoms with Gasteiger partial charge in [-0.05, 0) is 26.8 Å². The minimum Gasteiger partial charge on any atom is -0.488 e. The molecule has 0 radical (unpaired) electrons. The van der Waals surface area contributed by atoms with E-state index in [4.69, 9.17) is 10.5 Å². The van der Waals surface area contributed by atoms with Crippen molar-refractivity contribution in [3.63, 3.8) is 0 Å². The van der Waals surface area contributed by atoms with Crippen LogP contribution in [-0.2, 0) is 0 Å². The molecule has 1 rings (SSSR count). The Bertz CT molecular complexity index is 310. The highest BCUT2D eigenvalue weighted by Gasteiger charge is 2.13. The van der Waals surface area contributed by atoms with Crippen LogP contribution in [0.2, 0.25) is 0 Å². The fraction of sp³-hybridized carbons (Fsp3) is 0.455. The normalized spacial score (nSPS) is 13.0. The van der Waals surface area contributed by atoms with Gasteiger partial charge >= 0.3 is 0 Å². The predicted octanol–water partition coefficient (Wildman–Crippen LogP) is 2.63. The van der Waals surface area contributed by atoms with Crippen molar-refractivity contribution in [2.75, 3.05) is 0 Å². The summed E-state index contributed by atoms with van der Waals surface area (Å²) in [5.74, 6) is -0.0778. The zero-order valence-electron chi connectivity index (χ0n) is 8.75. The standard InChI is InChI=1S/C11H16FNO/c1-7(2)14-11-9(8(3)13)5-4-6-10(11)12/h4-8H,13H2,1-3H3/t8-/m1/s1. The Morgan fingerprint density at radius 2 is 1.93 bits per heavy atom. The molecule has 0 bridgehead atoms. The second-order valence-corrected chi connectivity index (χ2v) is 3.61. The molecule has 0 unspecified atom stereocenters. The Hall–Kier alpha value is -1.09. The van der Waals surface area contributed by atoms with Crippen LogP contribution >= 0.6 is 0 Å². The number of para-hydroxylation sites is 1. The van der Waals surface area contributed by atoms with E-state index in [-0.39, 0.29) is 23.7 Å². The first-order valence-electron chi connectivity index (χ1n) is 4.73. The van der Waals surface area contributed by atoms with Gasteiger partial charge in [0.05, 0.1) is 6.10 Å². The van der Waals surface area contributed by atoms with E-state index < -0.39 is 0 Å². The van der Waals surface area contributed by atoms with Gasteiger partial charge in [-0.25, -0.2) is 4.39 Å². The molecule has 0 fully saturated rings. The van der Waals surface area contributed by atoms with Crippen LogP contribution in [-0.4, -0.2) is 6.10 Å². The Balaban J connectivity index is 3.09. The number of halogens is 1. The first kappa shape index (κ1) is 11.0. The quantitative estimate of drug-likeness (QED) is 0.808. The molecule has 0 heterocycles. The first-order chi connectivity index (χ1) is 6.52. The molecular formula is C11H16FNO. The fourth-order valence-electron chi connectivity index (χ4n) is 1.24. The Morgan fingerprint density at radius 1 is 1.29 bits per heavy atom. The van der Waals surface area contributed by atoms with Gasteiger partial charge in [-0.3, -0.25) is 0 Å². The predicted molar refractivity (Wildman–Crippen MR) is 54.8 cm³/mol. The van der Waals surface area contributed by atoms with Crippen molar-refractivity contribution in [2.45, 2.75) is 32.9 Å². The zero-order chi connectivity index (χ0) is 10.7. The number of hydrogen-bond donors (Lipinski definition) is 1. The average Bonchev–Trinajstić information content (AvgIpc) is 2.07. The van der Waals surface area contributed by atoms with Gasteiger partial charge in [0, 0.05) is 11.6 Å². The van der Waals surface area contributed by atoms with Crippen molar-refractivity contribution in [3.8, 4) is 5.75 Å². The Morgan fingerprint density at radius 3 is 2.43 bits per heavy atom. The van der Waals surface area contributed by atoms with E-state index >= 15 is 0 Å². The number of nitrogens with two attached hydrogens (primary N) is 1. The number of hydrogen-bond acceptors (Lipinski definition) is 2. The van der Waals surface area contributed by atoms with Gasteiger partial charge in [0.25, 0.3) is 0 Å². The van der Waals surface area contributed by atoms with Crippen molar-refractivity contribution in [1.29, 1.82) is 0 Å². The Labute approximate surface area is 83.9 Å². The average molecular weight is 197 g/mol. The zero-order valence-corrected chi connectivity index (χ0v) is 8.75. The van der Waals surface area contributed by atoms with E-state index in [9.17, 15) is 4.39 Å². The maximum atomic E-state index is 13.4. The van der Waals surface area contributed by atoms with Crippen molar-refractivity contribution in [1.82, 2.24) is 0 Å². The van der Waals surface area contributed by atoms with Crippen LogP contribution in [0.25, 0.3) is 0 Å². The third-order valence-electron chi connectivity index (χ3n) is 1.84. The molecule has 0 aromatic heterocycles. The van der Waals surface area contributed by atoms with E-state index in [2.05, 4.69) is 0 Å². The van der Waals surface area contributed by atoms with E-state index in [0.29, 0.717) is 5.56 Å². The van der Waals surface area contributed by atoms with Crippen LogP contribution in [0.5, 0.6) is 5.75 Å². The van der Waals surface area contributed by atoms with Gasteiger partial charge < -0.3 is 10.5 Å². The van der Waals surface area contributed by atoms with Gasteiger partial charge in [-0.2, -0.15) is 0 Å². The summed E-state index contributed by atoms with van der Waals surface area (Å²) in [5.41, 5.74) is 6.42. The lowest BCUT2D eigenvalue weighted by Crippen LogP contribution is -2.13. The van der Waals surface area contributed by atoms with Crippen LogP contribution in [0.4, 0.5) is 4.39 Å². The molecule has 2 nitrogen and oxygen atoms in total. The van der Waals surface area contributed by atoms with E-state index in [1.54, 1.807) is 12.1 Å². The topological polar surface area (TPSA) is 35.2 Å². The molecule has 78 valence electrons. The smallest absolute Gasteiger partial charge is 0.165 e. The molecule has 1 aromatic rings. The third kappa shape index (κ3) is 2.45. The van der Waals surface area contributed by atoms with Gasteiger partial charge in [-0.15, -0.1) is 0 Å². The molecule has 0 aliphatic carbocycles. The van der Waals surface area contributed by atoms with E-state index in [1.807, 2.05) is 20.8 Å². The highest BCUT2D eigenvalue weighted by molar-refractivity contribution is 5.37. The summed E-state index contributed by atoms with van der Waals surface area (Å²) in [6.45, 7) is 5.52. The fourth-order valence-corrected chi connectivity index (χ4v) is 1.24. The van der Waals surface area contributed by atoms with E-state index in [0.717, 1.165) is 0 Å². The summed E-state index contributed by atoms with van der Waals surface area (Å²) in [7, 11) is 0. The van der Waals surface area contributed by atoms with Gasteiger partial charge in [-0.1, -0.05) is 12.1 Å². The first-order valence-corrected chi connectivity index (χ1v) is 4.73. The summed E-state index contributed by atoms with van der Waals surface area (Å²) in [6.07, 6.45) is -0.0515. The molecule has 0 amide bonds. The molecule has 14 heavy (non-hydrogen) atoms. The highest BCUT2D eigenvalue weighted by Crippen LogP contribution is 2.27. The second-order valence-electron chi connectivity index (χ2n) is 3.61. The summed E-state index contributed by atoms with van der Waals surface area (Å²) in [4.78, 5) is 0. The Kier molecular flexibility index (Phi) is 3.47. The largest absolute Gasteiger partial charge is 0.488 e. The molecule has 0 saturated carbocycles. The lowest BCUT2D eigenvalue weighted by molar-refractivity contribution is 0.227. The second kappa shape index (κ2) is 4.42. The van der Waals surface area contributed by atoms with Gasteiger partial charge in [0.2, 0.25) is 0 Å². The van der Waals surface area contributed by atoms with Crippen molar-refractivity contribution in [2.24, 2.45) is 5.73 Å². The van der Waals surface area contributed by atoms with E-state index in [1.165, 1.54) is 6.07 Å². The van der Waals surface area contributed by atoms with Crippen molar-refractivity contribution >= 4 is 0 Å². The molecule has 0 spiro atoms. The molecule has 0 saturated heterocycles. The number of benzene rings is 1. The number of rotatable bonds is 3. The molecular weight excluding hydrogens is 181 g/mol. The molecule has 1 aromatic carbocycles. The highest BCUT2D eigenvalue weighted by atomic mass is 19.1. The summed E-state index contributed by atoms with van der Waals surface area (Å²) >= 11 is 0. The summed E-state index contributed by atoms with van der Waals surface area (Å²) < 4.78 is 18.8. The molecule has 2 N–H and O–H groups in total. The van der Waals surface area contributed by atoms with Crippen molar-refractivity contribution < 1.29 is 9.13 Å². The monoisotopic (exact) mass is 197 g/mol. The molecule has 0 aliphatic heterocycles. The summed E-state index contributed by atoms with van der Waals surface area (Å²) in [6, 6.07) is 4.58. The van der Waals surface area contributed by atoms with Gasteiger partial charge in [0.15, 0.2) is 11.6 Å². The minimum absolute atomic E-state index is 0.0515. The molecule has 0 aliphatic rings. The van der Waals surface area contributed by atoms with Crippen LogP contribution in [0, 0.1) is 5.82 Å². The van der Waals surface area contributed by atoms with Gasteiger partial charge in [0.1, 0.15) is 0 Å². The SMILES string of the molecule is CC(C)Oc1c(F)cccc1[C@@H](C)N. The molecule has 3 heteroatoms. The van der Waals surface area contributed by atoms with Crippen LogP contribution in [0.1, 0.15) is 32.4 Å². The number of ether oxygens (including phenoxy) is 1. The van der Waals surface area contributed by atoms with Crippen LogP contribution < -0.4 is 10.5 Å².